The summed E-state index contributed by atoms with van der Waals surface area (Å²) in [5, 5.41) is 2.87. The highest BCUT2D eigenvalue weighted by Gasteiger charge is 2.21. The van der Waals surface area contributed by atoms with Gasteiger partial charge >= 0.3 is 0 Å². The van der Waals surface area contributed by atoms with Crippen molar-refractivity contribution in [1.29, 1.82) is 0 Å². The van der Waals surface area contributed by atoms with Crippen molar-refractivity contribution in [2.24, 2.45) is 0 Å². The first-order valence-corrected chi connectivity index (χ1v) is 9.78. The lowest BCUT2D eigenvalue weighted by Gasteiger charge is -2.15. The summed E-state index contributed by atoms with van der Waals surface area (Å²) < 4.78 is 5.74. The van der Waals surface area contributed by atoms with Gasteiger partial charge in [-0.1, -0.05) is 37.6 Å². The molecule has 2 aromatic carbocycles. The zero-order valence-corrected chi connectivity index (χ0v) is 16.2. The fourth-order valence-electron chi connectivity index (χ4n) is 3.06. The number of carbonyl (C=O) groups is 2. The van der Waals surface area contributed by atoms with Crippen LogP contribution in [-0.4, -0.2) is 25.0 Å². The molecule has 0 unspecified atom stereocenters. The summed E-state index contributed by atoms with van der Waals surface area (Å²) in [5.41, 5.74) is 2.47. The Labute approximate surface area is 166 Å². The quantitative estimate of drug-likeness (QED) is 0.538. The largest absolute Gasteiger partial charge is 0.491 e. The molecule has 0 spiro atoms. The molecule has 1 N–H and O–H groups in total. The summed E-state index contributed by atoms with van der Waals surface area (Å²) in [6.45, 7) is 3.51. The van der Waals surface area contributed by atoms with Crippen molar-refractivity contribution in [1.82, 2.24) is 0 Å². The maximum Gasteiger partial charge on any atom is 0.248 e. The number of rotatable bonds is 8. The lowest BCUT2D eigenvalue weighted by atomic mass is 10.2. The van der Waals surface area contributed by atoms with Crippen molar-refractivity contribution >= 4 is 29.3 Å². The van der Waals surface area contributed by atoms with E-state index in [0.717, 1.165) is 37.1 Å². The van der Waals surface area contributed by atoms with Gasteiger partial charge in [-0.25, -0.2) is 0 Å². The smallest absolute Gasteiger partial charge is 0.248 e. The average molecular weight is 378 g/mol. The van der Waals surface area contributed by atoms with Gasteiger partial charge in [0.2, 0.25) is 11.8 Å². The maximum atomic E-state index is 12.3. The predicted octanol–water partition coefficient (Wildman–Crippen LogP) is 4.64. The molecule has 28 heavy (non-hydrogen) atoms. The molecule has 1 aliphatic rings. The topological polar surface area (TPSA) is 58.6 Å². The number of nitrogens with one attached hydrogen (secondary N) is 1. The summed E-state index contributed by atoms with van der Waals surface area (Å²) >= 11 is 0. The summed E-state index contributed by atoms with van der Waals surface area (Å²) in [6.07, 6.45) is 6.81. The fourth-order valence-corrected chi connectivity index (χ4v) is 3.06. The van der Waals surface area contributed by atoms with E-state index in [9.17, 15) is 9.59 Å². The van der Waals surface area contributed by atoms with Gasteiger partial charge in [-0.2, -0.15) is 0 Å². The molecule has 0 atom stereocenters. The average Bonchev–Trinajstić information content (AvgIpc) is 3.14. The fraction of sp³-hybridized carbons (Fsp3) is 0.304. The number of amides is 2. The van der Waals surface area contributed by atoms with Gasteiger partial charge in [0.25, 0.3) is 0 Å². The van der Waals surface area contributed by atoms with Crippen LogP contribution in [0.5, 0.6) is 5.75 Å². The Morgan fingerprint density at radius 3 is 2.68 bits per heavy atom. The van der Waals surface area contributed by atoms with E-state index >= 15 is 0 Å². The molecule has 0 aliphatic carbocycles. The molecule has 0 aromatic heterocycles. The highest BCUT2D eigenvalue weighted by atomic mass is 16.5. The molecule has 3 rings (SSSR count). The Kier molecular flexibility index (Phi) is 6.84. The summed E-state index contributed by atoms with van der Waals surface area (Å²) in [5.74, 6) is 0.630. The first-order valence-electron chi connectivity index (χ1n) is 9.78. The van der Waals surface area contributed by atoms with Crippen LogP contribution < -0.4 is 15.0 Å². The molecule has 1 saturated heterocycles. The molecule has 0 radical (unpaired) electrons. The minimum Gasteiger partial charge on any atom is -0.491 e. The molecule has 0 saturated carbocycles. The van der Waals surface area contributed by atoms with E-state index in [0.29, 0.717) is 24.5 Å². The number of anilines is 2. The number of hydrogen-bond donors (Lipinski definition) is 1. The number of hydrogen-bond acceptors (Lipinski definition) is 3. The van der Waals surface area contributed by atoms with Crippen LogP contribution in [-0.2, 0) is 9.59 Å². The Morgan fingerprint density at radius 2 is 1.96 bits per heavy atom. The van der Waals surface area contributed by atoms with Crippen molar-refractivity contribution in [2.75, 3.05) is 23.4 Å². The van der Waals surface area contributed by atoms with Gasteiger partial charge < -0.3 is 15.0 Å². The van der Waals surface area contributed by atoms with Crippen molar-refractivity contribution < 1.29 is 14.3 Å². The standard InChI is InChI=1S/C23H26N2O3/c1-2-3-17-28-21-8-5-4-7-20(21)24-22(26)15-12-18-10-13-19(14-11-18)25-16-6-9-23(25)27/h4-5,7-8,10-15H,2-3,6,9,16-17H2,1H3,(H,24,26)/b15-12+. The van der Waals surface area contributed by atoms with Crippen molar-refractivity contribution in [2.45, 2.75) is 32.6 Å². The van der Waals surface area contributed by atoms with E-state index in [2.05, 4.69) is 12.2 Å². The highest BCUT2D eigenvalue weighted by Crippen LogP contribution is 2.24. The van der Waals surface area contributed by atoms with Crippen LogP contribution in [0.1, 0.15) is 38.2 Å². The Bertz CT molecular complexity index is 843. The minimum atomic E-state index is -0.217. The van der Waals surface area contributed by atoms with E-state index in [1.807, 2.05) is 48.5 Å². The number of benzene rings is 2. The second kappa shape index (κ2) is 9.74. The number of ether oxygens (including phenoxy) is 1. The number of unbranched alkanes of at least 4 members (excludes halogenated alkanes) is 1. The monoisotopic (exact) mass is 378 g/mol. The molecule has 1 aliphatic heterocycles. The first kappa shape index (κ1) is 19.7. The molecular weight excluding hydrogens is 352 g/mol. The van der Waals surface area contributed by atoms with Crippen LogP contribution >= 0.6 is 0 Å². The van der Waals surface area contributed by atoms with Crippen LogP contribution in [0.2, 0.25) is 0 Å². The third-order valence-corrected chi connectivity index (χ3v) is 4.61. The Hall–Kier alpha value is -3.08. The van der Waals surface area contributed by atoms with E-state index in [-0.39, 0.29) is 11.8 Å². The van der Waals surface area contributed by atoms with Gasteiger partial charge in [-0.3, -0.25) is 9.59 Å². The van der Waals surface area contributed by atoms with Crippen LogP contribution in [0.4, 0.5) is 11.4 Å². The third kappa shape index (κ3) is 5.22. The minimum absolute atomic E-state index is 0.169. The van der Waals surface area contributed by atoms with E-state index < -0.39 is 0 Å². The molecule has 0 bridgehead atoms. The van der Waals surface area contributed by atoms with Crippen molar-refractivity contribution in [3.05, 3.63) is 60.2 Å². The molecule has 1 heterocycles. The molecule has 5 heteroatoms. The number of nitrogens with zero attached hydrogens (tertiary/aromatic N) is 1. The summed E-state index contributed by atoms with van der Waals surface area (Å²) in [6, 6.07) is 15.1. The van der Waals surface area contributed by atoms with Gasteiger partial charge in [0.15, 0.2) is 0 Å². The van der Waals surface area contributed by atoms with Crippen LogP contribution in [0.25, 0.3) is 6.08 Å². The maximum absolute atomic E-state index is 12.3. The highest BCUT2D eigenvalue weighted by molar-refractivity contribution is 6.02. The first-order chi connectivity index (χ1) is 13.7. The third-order valence-electron chi connectivity index (χ3n) is 4.61. The summed E-state index contributed by atoms with van der Waals surface area (Å²) in [4.78, 5) is 25.9. The Balaban J connectivity index is 1.59. The van der Waals surface area contributed by atoms with E-state index in [1.54, 1.807) is 11.0 Å². The zero-order valence-electron chi connectivity index (χ0n) is 16.2. The van der Waals surface area contributed by atoms with Crippen LogP contribution in [0.15, 0.2) is 54.6 Å². The molecule has 1 fully saturated rings. The second-order valence-electron chi connectivity index (χ2n) is 6.76. The van der Waals surface area contributed by atoms with Crippen molar-refractivity contribution in [3.63, 3.8) is 0 Å². The lowest BCUT2D eigenvalue weighted by Crippen LogP contribution is -2.23. The van der Waals surface area contributed by atoms with Crippen molar-refractivity contribution in [3.8, 4) is 5.75 Å². The van der Waals surface area contributed by atoms with Gasteiger partial charge in [0.1, 0.15) is 5.75 Å². The number of carbonyl (C=O) groups excluding carboxylic acids is 2. The molecule has 2 aromatic rings. The van der Waals surface area contributed by atoms with Gasteiger partial charge in [-0.05, 0) is 48.7 Å². The van der Waals surface area contributed by atoms with Gasteiger partial charge in [-0.15, -0.1) is 0 Å². The second-order valence-corrected chi connectivity index (χ2v) is 6.76. The molecule has 2 amide bonds. The molecule has 5 nitrogen and oxygen atoms in total. The van der Waals surface area contributed by atoms with E-state index in [4.69, 9.17) is 4.74 Å². The van der Waals surface area contributed by atoms with Gasteiger partial charge in [0, 0.05) is 24.7 Å². The van der Waals surface area contributed by atoms with Crippen LogP contribution in [0, 0.1) is 0 Å². The summed E-state index contributed by atoms with van der Waals surface area (Å²) in [7, 11) is 0. The molecular formula is C23H26N2O3. The SMILES string of the molecule is CCCCOc1ccccc1NC(=O)/C=C/c1ccc(N2CCCC2=O)cc1. The number of para-hydroxylation sites is 2. The zero-order chi connectivity index (χ0) is 19.8. The molecule has 146 valence electrons. The normalized spacial score (nSPS) is 13.9. The lowest BCUT2D eigenvalue weighted by molar-refractivity contribution is -0.117. The predicted molar refractivity (Wildman–Crippen MR) is 113 cm³/mol. The van der Waals surface area contributed by atoms with Crippen LogP contribution in [0.3, 0.4) is 0 Å². The van der Waals surface area contributed by atoms with Gasteiger partial charge in [0.05, 0.1) is 12.3 Å². The van der Waals surface area contributed by atoms with E-state index in [1.165, 1.54) is 6.08 Å². The Morgan fingerprint density at radius 1 is 1.18 bits per heavy atom.